The lowest BCUT2D eigenvalue weighted by molar-refractivity contribution is -0.162. The lowest BCUT2D eigenvalue weighted by Gasteiger charge is -2.63. The second-order valence-electron chi connectivity index (χ2n) is 9.74. The molecule has 138 valence electrons. The number of aromatic hydroxyl groups is 1. The number of rotatable bonds is 1. The van der Waals surface area contributed by atoms with Gasteiger partial charge in [-0.1, -0.05) is 27.2 Å². The Balaban J connectivity index is 1.77. The molecule has 0 spiro atoms. The Morgan fingerprint density at radius 1 is 1.08 bits per heavy atom. The van der Waals surface area contributed by atoms with Crippen LogP contribution in [0.25, 0.3) is 0 Å². The first-order valence-electron chi connectivity index (χ1n) is 9.78. The summed E-state index contributed by atoms with van der Waals surface area (Å²) in [5.41, 5.74) is 1.79. The molecule has 1 aromatic carbocycles. The molecule has 2 fully saturated rings. The second kappa shape index (κ2) is 5.31. The van der Waals surface area contributed by atoms with Crippen molar-refractivity contribution in [1.29, 1.82) is 0 Å². The van der Waals surface area contributed by atoms with Crippen molar-refractivity contribution in [2.45, 2.75) is 71.8 Å². The van der Waals surface area contributed by atoms with Crippen LogP contribution in [0.1, 0.15) is 65.4 Å². The summed E-state index contributed by atoms with van der Waals surface area (Å²) < 4.78 is 11.9. The molecule has 1 heterocycles. The van der Waals surface area contributed by atoms with E-state index in [9.17, 15) is 5.11 Å². The molecule has 3 aliphatic rings. The van der Waals surface area contributed by atoms with E-state index in [0.717, 1.165) is 24.5 Å². The van der Waals surface area contributed by atoms with Crippen molar-refractivity contribution in [2.24, 2.45) is 22.7 Å². The highest BCUT2D eigenvalue weighted by Gasteiger charge is 2.60. The largest absolute Gasteiger partial charge is 0.504 e. The van der Waals surface area contributed by atoms with Crippen LogP contribution < -0.4 is 9.47 Å². The van der Waals surface area contributed by atoms with E-state index in [1.165, 1.54) is 31.2 Å². The number of ether oxygens (including phenoxy) is 2. The summed E-state index contributed by atoms with van der Waals surface area (Å²) in [6.07, 6.45) is 7.33. The molecule has 0 saturated heterocycles. The Morgan fingerprint density at radius 3 is 2.56 bits per heavy atom. The van der Waals surface area contributed by atoms with Crippen LogP contribution in [0, 0.1) is 22.7 Å². The first kappa shape index (κ1) is 17.1. The minimum Gasteiger partial charge on any atom is -0.504 e. The van der Waals surface area contributed by atoms with Crippen LogP contribution in [-0.4, -0.2) is 17.8 Å². The maximum atomic E-state index is 10.1. The Kier molecular flexibility index (Phi) is 3.62. The number of methoxy groups -OCH3 is 1. The van der Waals surface area contributed by atoms with Gasteiger partial charge in [-0.3, -0.25) is 0 Å². The lowest BCUT2D eigenvalue weighted by atomic mass is 9.44. The lowest BCUT2D eigenvalue weighted by Crippen LogP contribution is -2.61. The van der Waals surface area contributed by atoms with Crippen molar-refractivity contribution < 1.29 is 14.6 Å². The monoisotopic (exact) mass is 344 g/mol. The van der Waals surface area contributed by atoms with Crippen molar-refractivity contribution in [3.8, 4) is 17.2 Å². The van der Waals surface area contributed by atoms with E-state index in [1.54, 1.807) is 13.2 Å². The number of hydrogen-bond donors (Lipinski definition) is 1. The molecule has 1 aliphatic heterocycles. The van der Waals surface area contributed by atoms with Crippen molar-refractivity contribution in [3.05, 3.63) is 17.7 Å². The third-order valence-electron chi connectivity index (χ3n) is 7.87. The number of phenolic OH excluding ortho intramolecular Hbond substituents is 1. The fourth-order valence-electron chi connectivity index (χ4n) is 6.66. The molecular weight excluding hydrogens is 312 g/mol. The molecule has 0 bridgehead atoms. The molecule has 0 aromatic heterocycles. The maximum absolute atomic E-state index is 10.1. The molecule has 4 atom stereocenters. The van der Waals surface area contributed by atoms with Gasteiger partial charge in [0.15, 0.2) is 11.5 Å². The van der Waals surface area contributed by atoms with Gasteiger partial charge < -0.3 is 14.6 Å². The minimum atomic E-state index is -0.132. The zero-order valence-electron chi connectivity index (χ0n) is 16.3. The topological polar surface area (TPSA) is 38.7 Å². The summed E-state index contributed by atoms with van der Waals surface area (Å²) in [7, 11) is 1.61. The number of phenols is 1. The summed E-state index contributed by atoms with van der Waals surface area (Å²) in [5, 5.41) is 10.1. The summed E-state index contributed by atoms with van der Waals surface area (Å²) in [5.74, 6) is 2.83. The van der Waals surface area contributed by atoms with Gasteiger partial charge in [-0.05, 0) is 67.4 Å². The molecule has 4 rings (SSSR count). The predicted octanol–water partition coefficient (Wildman–Crippen LogP) is 5.34. The standard InChI is InChI=1S/C22H32O3/c1-20(2)8-6-9-21(3)18(20)7-10-22(4)19(21)12-14-11-17(24-5)15(23)13-16(14)25-22/h11,13,18-19,23H,6-10,12H2,1-5H3/t18-,19+,21-,22-/m0/s1. The van der Waals surface area contributed by atoms with Crippen LogP contribution in [0.2, 0.25) is 0 Å². The zero-order chi connectivity index (χ0) is 18.0. The molecule has 1 aromatic rings. The van der Waals surface area contributed by atoms with Gasteiger partial charge in [0, 0.05) is 12.0 Å². The predicted molar refractivity (Wildman–Crippen MR) is 99.3 cm³/mol. The third kappa shape index (κ3) is 2.38. The summed E-state index contributed by atoms with van der Waals surface area (Å²) in [6, 6.07) is 3.72. The van der Waals surface area contributed by atoms with E-state index in [4.69, 9.17) is 9.47 Å². The van der Waals surface area contributed by atoms with Gasteiger partial charge in [-0.25, -0.2) is 0 Å². The van der Waals surface area contributed by atoms with Crippen LogP contribution in [-0.2, 0) is 6.42 Å². The molecule has 0 amide bonds. The molecule has 1 N–H and O–H groups in total. The van der Waals surface area contributed by atoms with Crippen LogP contribution in [0.5, 0.6) is 17.2 Å². The van der Waals surface area contributed by atoms with Gasteiger partial charge in [0.25, 0.3) is 0 Å². The van der Waals surface area contributed by atoms with Crippen molar-refractivity contribution in [2.75, 3.05) is 7.11 Å². The van der Waals surface area contributed by atoms with Crippen LogP contribution >= 0.6 is 0 Å². The Hall–Kier alpha value is -1.38. The first-order valence-corrected chi connectivity index (χ1v) is 9.78. The van der Waals surface area contributed by atoms with Gasteiger partial charge in [0.05, 0.1) is 7.11 Å². The Bertz CT molecular complexity index is 695. The SMILES string of the molecule is COc1cc2c(cc1O)O[C@@]1(C)CC[C@H]3C(C)(C)CCC[C@]3(C)[C@H]1C2. The van der Waals surface area contributed by atoms with Crippen LogP contribution in [0.15, 0.2) is 12.1 Å². The van der Waals surface area contributed by atoms with E-state index < -0.39 is 0 Å². The van der Waals surface area contributed by atoms with Crippen molar-refractivity contribution >= 4 is 0 Å². The molecule has 2 aliphatic carbocycles. The molecule has 0 radical (unpaired) electrons. The Morgan fingerprint density at radius 2 is 1.84 bits per heavy atom. The molecule has 25 heavy (non-hydrogen) atoms. The van der Waals surface area contributed by atoms with Crippen molar-refractivity contribution in [1.82, 2.24) is 0 Å². The van der Waals surface area contributed by atoms with Gasteiger partial charge in [-0.2, -0.15) is 0 Å². The zero-order valence-corrected chi connectivity index (χ0v) is 16.3. The highest BCUT2D eigenvalue weighted by atomic mass is 16.5. The highest BCUT2D eigenvalue weighted by Crippen LogP contribution is 2.64. The Labute approximate surface area is 151 Å². The van der Waals surface area contributed by atoms with Gasteiger partial charge in [0.1, 0.15) is 11.4 Å². The number of fused-ring (bicyclic) bond motifs is 4. The molecule has 3 nitrogen and oxygen atoms in total. The van der Waals surface area contributed by atoms with Gasteiger partial charge in [0.2, 0.25) is 0 Å². The smallest absolute Gasteiger partial charge is 0.161 e. The van der Waals surface area contributed by atoms with Gasteiger partial charge in [-0.15, -0.1) is 0 Å². The summed E-state index contributed by atoms with van der Waals surface area (Å²) in [6.45, 7) is 9.75. The number of benzene rings is 1. The normalized spacial score (nSPS) is 38.8. The highest BCUT2D eigenvalue weighted by molar-refractivity contribution is 5.51. The third-order valence-corrected chi connectivity index (χ3v) is 7.87. The first-order chi connectivity index (χ1) is 11.7. The van der Waals surface area contributed by atoms with E-state index in [0.29, 0.717) is 22.5 Å². The van der Waals surface area contributed by atoms with E-state index >= 15 is 0 Å². The average Bonchev–Trinajstić information content (AvgIpc) is 2.52. The van der Waals surface area contributed by atoms with Gasteiger partial charge >= 0.3 is 0 Å². The summed E-state index contributed by atoms with van der Waals surface area (Å²) >= 11 is 0. The molecule has 3 heteroatoms. The minimum absolute atomic E-state index is 0.132. The van der Waals surface area contributed by atoms with Crippen LogP contribution in [0.3, 0.4) is 0 Å². The van der Waals surface area contributed by atoms with E-state index in [-0.39, 0.29) is 11.4 Å². The quantitative estimate of drug-likeness (QED) is 0.747. The molecule has 0 unspecified atom stereocenters. The second-order valence-corrected chi connectivity index (χ2v) is 9.74. The average molecular weight is 344 g/mol. The fraction of sp³-hybridized carbons (Fsp3) is 0.727. The molecule has 2 saturated carbocycles. The maximum Gasteiger partial charge on any atom is 0.161 e. The van der Waals surface area contributed by atoms with E-state index in [2.05, 4.69) is 27.7 Å². The summed E-state index contributed by atoms with van der Waals surface area (Å²) in [4.78, 5) is 0. The fourth-order valence-corrected chi connectivity index (χ4v) is 6.66. The van der Waals surface area contributed by atoms with Crippen LogP contribution in [0.4, 0.5) is 0 Å². The van der Waals surface area contributed by atoms with E-state index in [1.807, 2.05) is 6.07 Å². The van der Waals surface area contributed by atoms with Crippen molar-refractivity contribution in [3.63, 3.8) is 0 Å². The molecular formula is C22H32O3. The number of hydrogen-bond acceptors (Lipinski definition) is 3.